The smallest absolute Gasteiger partial charge is 0.00266 e. The Bertz CT molecular complexity index is 1750. The fourth-order valence-electron chi connectivity index (χ4n) is 6.26. The minimum atomic E-state index is 1.03. The molecule has 8 aromatic rings. The van der Waals surface area contributed by atoms with Crippen LogP contribution in [-0.4, -0.2) is 0 Å². The molecule has 163 valence electrons. The Hall–Kier alpha value is -4.16. The van der Waals surface area contributed by atoms with E-state index >= 15 is 0 Å². The second-order valence-electron chi connectivity index (χ2n) is 9.92. The van der Waals surface area contributed by atoms with Crippen molar-refractivity contribution in [2.24, 2.45) is 0 Å². The molecule has 8 aromatic carbocycles. The monoisotopic (exact) mass is 443 g/mol. The fourth-order valence-corrected chi connectivity index (χ4v) is 6.26. The molecular formula is C35H23. The summed E-state index contributed by atoms with van der Waals surface area (Å²) in [5.74, 6) is 0. The molecule has 0 aliphatic rings. The maximum absolute atomic E-state index is 2.40. The number of rotatable bonds is 4. The molecule has 0 atom stereocenters. The van der Waals surface area contributed by atoms with Crippen LogP contribution in [0.15, 0.2) is 109 Å². The molecule has 0 N–H and O–H groups in total. The van der Waals surface area contributed by atoms with Crippen molar-refractivity contribution in [3.05, 3.63) is 127 Å². The minimum absolute atomic E-state index is 1.03. The van der Waals surface area contributed by atoms with E-state index in [4.69, 9.17) is 0 Å². The third kappa shape index (κ3) is 2.87. The molecule has 35 heavy (non-hydrogen) atoms. The van der Waals surface area contributed by atoms with Crippen LogP contribution < -0.4 is 0 Å². The van der Waals surface area contributed by atoms with Crippen LogP contribution in [0.1, 0.15) is 17.5 Å². The van der Waals surface area contributed by atoms with Gasteiger partial charge in [-0.05, 0) is 95.0 Å². The first-order valence-electron chi connectivity index (χ1n) is 12.5. The molecule has 8 rings (SSSR count). The molecule has 0 fully saturated rings. The first kappa shape index (κ1) is 19.2. The zero-order valence-corrected chi connectivity index (χ0v) is 19.4. The normalized spacial score (nSPS) is 12.3. The van der Waals surface area contributed by atoms with Crippen LogP contribution in [0.25, 0.3) is 64.6 Å². The summed E-state index contributed by atoms with van der Waals surface area (Å²) in [5, 5.41) is 16.3. The second-order valence-corrected chi connectivity index (χ2v) is 9.92. The van der Waals surface area contributed by atoms with E-state index in [-0.39, 0.29) is 0 Å². The third-order valence-corrected chi connectivity index (χ3v) is 7.82. The largest absolute Gasteiger partial charge is 0.0610 e. The van der Waals surface area contributed by atoms with Crippen molar-refractivity contribution in [2.45, 2.75) is 12.8 Å². The van der Waals surface area contributed by atoms with Crippen molar-refractivity contribution >= 4 is 64.6 Å². The van der Waals surface area contributed by atoms with Crippen LogP contribution in [0.2, 0.25) is 0 Å². The molecule has 0 heteroatoms. The van der Waals surface area contributed by atoms with Gasteiger partial charge in [0.05, 0.1) is 0 Å². The van der Waals surface area contributed by atoms with E-state index in [1.165, 1.54) is 75.8 Å². The van der Waals surface area contributed by atoms with Crippen molar-refractivity contribution in [3.63, 3.8) is 0 Å². The second kappa shape index (κ2) is 7.17. The number of hydrogen-bond acceptors (Lipinski definition) is 0. The molecule has 0 saturated heterocycles. The highest BCUT2D eigenvalue weighted by Crippen LogP contribution is 2.37. The molecule has 0 saturated carbocycles. The average Bonchev–Trinajstić information content (AvgIpc) is 2.90. The van der Waals surface area contributed by atoms with E-state index in [0.717, 1.165) is 12.8 Å². The molecule has 0 aromatic heterocycles. The molecule has 0 aliphatic heterocycles. The maximum Gasteiger partial charge on any atom is -0.00266 e. The summed E-state index contributed by atoms with van der Waals surface area (Å²) in [5.41, 5.74) is 2.72. The predicted octanol–water partition coefficient (Wildman–Crippen LogP) is 9.67. The quantitative estimate of drug-likeness (QED) is 0.237. The number of hydrogen-bond donors (Lipinski definition) is 0. The Morgan fingerprint density at radius 2 is 0.771 bits per heavy atom. The van der Waals surface area contributed by atoms with Gasteiger partial charge in [0.15, 0.2) is 0 Å². The number of benzene rings is 8. The van der Waals surface area contributed by atoms with E-state index in [0.29, 0.717) is 0 Å². The highest BCUT2D eigenvalue weighted by atomic mass is 14.1. The lowest BCUT2D eigenvalue weighted by Crippen LogP contribution is -1.92. The summed E-state index contributed by atoms with van der Waals surface area (Å²) in [4.78, 5) is 0. The van der Waals surface area contributed by atoms with Gasteiger partial charge in [-0.15, -0.1) is 0 Å². The fraction of sp³-hybridized carbons (Fsp3) is 0.0571. The lowest BCUT2D eigenvalue weighted by molar-refractivity contribution is 0.955. The summed E-state index contributed by atoms with van der Waals surface area (Å²) in [7, 11) is 0. The zero-order chi connectivity index (χ0) is 22.9. The topological polar surface area (TPSA) is 0 Å². The predicted molar refractivity (Wildman–Crippen MR) is 152 cm³/mol. The van der Waals surface area contributed by atoms with Gasteiger partial charge in [-0.1, -0.05) is 109 Å². The molecule has 0 amide bonds. The molecule has 0 spiro atoms. The van der Waals surface area contributed by atoms with Crippen LogP contribution >= 0.6 is 0 Å². The van der Waals surface area contributed by atoms with Crippen LogP contribution in [0.5, 0.6) is 0 Å². The van der Waals surface area contributed by atoms with Crippen LogP contribution in [0, 0.1) is 6.42 Å². The highest BCUT2D eigenvalue weighted by molar-refractivity contribution is 6.24. The van der Waals surface area contributed by atoms with E-state index in [2.05, 4.69) is 116 Å². The summed E-state index contributed by atoms with van der Waals surface area (Å²) >= 11 is 0. The molecular weight excluding hydrogens is 420 g/mol. The van der Waals surface area contributed by atoms with Crippen molar-refractivity contribution in [3.8, 4) is 0 Å². The van der Waals surface area contributed by atoms with Gasteiger partial charge in [-0.2, -0.15) is 0 Å². The number of aryl methyl sites for hydroxylation is 1. The highest BCUT2D eigenvalue weighted by Gasteiger charge is 2.11. The summed E-state index contributed by atoms with van der Waals surface area (Å²) in [6.07, 6.45) is 4.47. The Morgan fingerprint density at radius 3 is 1.23 bits per heavy atom. The average molecular weight is 444 g/mol. The van der Waals surface area contributed by atoms with Gasteiger partial charge in [-0.3, -0.25) is 0 Å². The zero-order valence-electron chi connectivity index (χ0n) is 19.4. The Kier molecular flexibility index (Phi) is 3.93. The SMILES string of the molecule is [CH](CCc1cc2ccc3cccc4ccc(c1)c2c34)c1cc2ccc3cccc4ccc(c1)c2c34. The van der Waals surface area contributed by atoms with Crippen molar-refractivity contribution in [1.82, 2.24) is 0 Å². The van der Waals surface area contributed by atoms with Gasteiger partial charge in [0, 0.05) is 0 Å². The van der Waals surface area contributed by atoms with Gasteiger partial charge < -0.3 is 0 Å². The summed E-state index contributed by atoms with van der Waals surface area (Å²) in [6, 6.07) is 40.9. The first-order chi connectivity index (χ1) is 17.3. The van der Waals surface area contributed by atoms with Gasteiger partial charge in [0.1, 0.15) is 0 Å². The van der Waals surface area contributed by atoms with E-state index in [1.807, 2.05) is 0 Å². The lowest BCUT2D eigenvalue weighted by atomic mass is 9.91. The van der Waals surface area contributed by atoms with Crippen LogP contribution in [0.3, 0.4) is 0 Å². The molecule has 0 unspecified atom stereocenters. The van der Waals surface area contributed by atoms with Gasteiger partial charge in [-0.25, -0.2) is 0 Å². The summed E-state index contributed by atoms with van der Waals surface area (Å²) < 4.78 is 0. The maximum atomic E-state index is 2.40. The third-order valence-electron chi connectivity index (χ3n) is 7.82. The molecule has 0 heterocycles. The van der Waals surface area contributed by atoms with Crippen LogP contribution in [-0.2, 0) is 6.42 Å². The Balaban J connectivity index is 1.13. The molecule has 0 nitrogen and oxygen atoms in total. The first-order valence-corrected chi connectivity index (χ1v) is 12.5. The van der Waals surface area contributed by atoms with Gasteiger partial charge in [0.25, 0.3) is 0 Å². The van der Waals surface area contributed by atoms with Gasteiger partial charge >= 0.3 is 0 Å². The van der Waals surface area contributed by atoms with E-state index in [9.17, 15) is 0 Å². The summed E-state index contributed by atoms with van der Waals surface area (Å²) in [6.45, 7) is 0. The van der Waals surface area contributed by atoms with Gasteiger partial charge in [0.2, 0.25) is 0 Å². The van der Waals surface area contributed by atoms with Crippen LogP contribution in [0.4, 0.5) is 0 Å². The van der Waals surface area contributed by atoms with Crippen molar-refractivity contribution < 1.29 is 0 Å². The minimum Gasteiger partial charge on any atom is -0.0610 e. The molecule has 0 aliphatic carbocycles. The lowest BCUT2D eigenvalue weighted by Gasteiger charge is -2.13. The van der Waals surface area contributed by atoms with Crippen molar-refractivity contribution in [2.75, 3.05) is 0 Å². The molecule has 0 bridgehead atoms. The standard InChI is InChI=1S/C35H23/c1(4-22-18-28-14-10-24-6-2-7-25-11-15-29(19-22)34(28)32(24)25)5-23-20-30-16-12-26-8-3-9-27-13-17-31(21-23)35(30)33(26)27/h2-4,6-21H,1,5H2. The van der Waals surface area contributed by atoms with Crippen molar-refractivity contribution in [1.29, 1.82) is 0 Å². The van der Waals surface area contributed by atoms with E-state index in [1.54, 1.807) is 0 Å². The van der Waals surface area contributed by atoms with E-state index < -0.39 is 0 Å². The Morgan fingerprint density at radius 1 is 0.400 bits per heavy atom. The molecule has 1 radical (unpaired) electrons. The Labute approximate surface area is 204 Å².